The maximum atomic E-state index is 14.1. The first-order valence-electron chi connectivity index (χ1n) is 20.7. The van der Waals surface area contributed by atoms with E-state index < -0.39 is 35.6 Å². The highest BCUT2D eigenvalue weighted by molar-refractivity contribution is 7.80. The fourth-order valence-electron chi connectivity index (χ4n) is 8.33. The first-order chi connectivity index (χ1) is 29.3. The molecule has 1 aromatic heterocycles. The van der Waals surface area contributed by atoms with Gasteiger partial charge in [-0.1, -0.05) is 61.8 Å². The largest absolute Gasteiger partial charge is 0.485 e. The number of fused-ring (bicyclic) bond motifs is 2. The molecule has 1 saturated carbocycles. The third-order valence-corrected chi connectivity index (χ3v) is 11.8. The van der Waals surface area contributed by atoms with E-state index in [1.165, 1.54) is 18.2 Å². The monoisotopic (exact) mass is 854 g/mol. The molecule has 16 heteroatoms. The van der Waals surface area contributed by atoms with E-state index in [1.54, 1.807) is 0 Å². The van der Waals surface area contributed by atoms with E-state index in [0.717, 1.165) is 58.2 Å². The fourth-order valence-corrected chi connectivity index (χ4v) is 8.46. The zero-order chi connectivity index (χ0) is 43.3. The minimum Gasteiger partial charge on any atom is -0.485 e. The number of alkyl halides is 2. The van der Waals surface area contributed by atoms with Crippen LogP contribution >= 0.6 is 12.2 Å². The molecule has 3 heterocycles. The number of rotatable bonds is 18. The van der Waals surface area contributed by atoms with Crippen LogP contribution in [0.15, 0.2) is 66.9 Å². The lowest BCUT2D eigenvalue weighted by molar-refractivity contribution is -0.136. The van der Waals surface area contributed by atoms with E-state index in [-0.39, 0.29) is 78.4 Å². The van der Waals surface area contributed by atoms with Gasteiger partial charge in [0, 0.05) is 60.1 Å². The van der Waals surface area contributed by atoms with E-state index in [4.69, 9.17) is 22.7 Å². The van der Waals surface area contributed by atoms with E-state index in [0.29, 0.717) is 37.9 Å². The number of hydrogen-bond donors (Lipinski definition) is 4. The van der Waals surface area contributed by atoms with Crippen LogP contribution in [0, 0.1) is 0 Å². The van der Waals surface area contributed by atoms with Crippen LogP contribution in [0.3, 0.4) is 0 Å². The predicted molar refractivity (Wildman–Crippen MR) is 229 cm³/mol. The number of nitrogens with zero attached hydrogens (tertiary/aromatic N) is 2. The zero-order valence-electron chi connectivity index (χ0n) is 33.6. The lowest BCUT2D eigenvalue weighted by atomic mass is 9.92. The van der Waals surface area contributed by atoms with Crippen molar-refractivity contribution in [3.8, 4) is 16.9 Å². The lowest BCUT2D eigenvalue weighted by Crippen LogP contribution is -2.54. The standard InChI is InChI=1S/C45H48F2N6O7S/c46-45(47)19-17-30(18-20-45)52-25-34(27-8-6-9-28(22-27)41(48)61)32-14-13-29(23-36(32)52)50-38(55)12-4-2-1-3-5-21-49-24-31(54)26-60-37-11-7-10-33-40(37)44(59)53(43(33)58)35-15-16-39(56)51-42(35)57/h6-11,13-14,22-23,25,30,35,49H,1-5,12,15-21,24,26H2,(H2,48,61)(H,50,55)(H,51,56,57). The molecule has 13 nitrogen and oxygen atoms in total. The maximum absolute atomic E-state index is 14.1. The molecule has 5 N–H and O–H groups in total. The average molecular weight is 855 g/mol. The number of piperidine rings is 1. The van der Waals surface area contributed by atoms with Crippen LogP contribution in [-0.2, 0) is 19.2 Å². The molecule has 2 aliphatic heterocycles. The zero-order valence-corrected chi connectivity index (χ0v) is 34.4. The summed E-state index contributed by atoms with van der Waals surface area (Å²) in [6.07, 6.45) is 6.96. The summed E-state index contributed by atoms with van der Waals surface area (Å²) in [5.74, 6) is -5.48. The summed E-state index contributed by atoms with van der Waals surface area (Å²) in [4.78, 5) is 76.9. The molecule has 61 heavy (non-hydrogen) atoms. The number of anilines is 1. The third kappa shape index (κ3) is 10.0. The van der Waals surface area contributed by atoms with Gasteiger partial charge in [0.05, 0.1) is 23.2 Å². The van der Waals surface area contributed by atoms with Crippen LogP contribution < -0.4 is 26.4 Å². The van der Waals surface area contributed by atoms with Gasteiger partial charge < -0.3 is 25.7 Å². The smallest absolute Gasteiger partial charge is 0.266 e. The number of halogens is 2. The Morgan fingerprint density at radius 1 is 0.902 bits per heavy atom. The number of unbranched alkanes of at least 4 members (excludes halogenated alkanes) is 4. The van der Waals surface area contributed by atoms with Gasteiger partial charge in [0.25, 0.3) is 11.8 Å². The summed E-state index contributed by atoms with van der Waals surface area (Å²) < 4.78 is 35.9. The molecule has 2 fully saturated rings. The van der Waals surface area contributed by atoms with Crippen molar-refractivity contribution in [2.75, 3.05) is 25.0 Å². The highest BCUT2D eigenvalue weighted by Crippen LogP contribution is 2.42. The molecule has 5 amide bonds. The molecule has 1 aliphatic carbocycles. The number of hydrogen-bond acceptors (Lipinski definition) is 9. The highest BCUT2D eigenvalue weighted by atomic mass is 32.1. The quantitative estimate of drug-likeness (QED) is 0.0483. The maximum Gasteiger partial charge on any atom is 0.266 e. The molecule has 4 aromatic rings. The van der Waals surface area contributed by atoms with Crippen LogP contribution in [0.1, 0.15) is 109 Å². The number of carbonyl (C=O) groups excluding carboxylic acids is 6. The molecule has 1 atom stereocenters. The van der Waals surface area contributed by atoms with Gasteiger partial charge in [-0.2, -0.15) is 0 Å². The van der Waals surface area contributed by atoms with Crippen LogP contribution in [0.5, 0.6) is 5.75 Å². The van der Waals surface area contributed by atoms with Gasteiger partial charge in [-0.15, -0.1) is 0 Å². The number of ether oxygens (including phenoxy) is 1. The molecule has 1 unspecified atom stereocenters. The third-order valence-electron chi connectivity index (χ3n) is 11.6. The Balaban J connectivity index is 0.824. The van der Waals surface area contributed by atoms with Crippen molar-refractivity contribution < 1.29 is 42.3 Å². The summed E-state index contributed by atoms with van der Waals surface area (Å²) in [5, 5.41) is 9.22. The van der Waals surface area contributed by atoms with E-state index in [1.807, 2.05) is 48.7 Å². The minimum atomic E-state index is -2.66. The van der Waals surface area contributed by atoms with Crippen molar-refractivity contribution in [3.05, 3.63) is 83.6 Å². The Labute approximate surface area is 356 Å². The van der Waals surface area contributed by atoms with Gasteiger partial charge in [0.2, 0.25) is 23.6 Å². The Morgan fingerprint density at radius 2 is 1.66 bits per heavy atom. The lowest BCUT2D eigenvalue weighted by Gasteiger charge is -2.29. The van der Waals surface area contributed by atoms with Crippen molar-refractivity contribution >= 4 is 69.1 Å². The number of nitrogens with one attached hydrogen (secondary N) is 3. The van der Waals surface area contributed by atoms with Gasteiger partial charge in [-0.25, -0.2) is 8.78 Å². The van der Waals surface area contributed by atoms with Crippen molar-refractivity contribution in [1.82, 2.24) is 20.1 Å². The molecule has 1 saturated heterocycles. The topological polar surface area (TPSA) is 182 Å². The number of ketones is 1. The SMILES string of the molecule is NC(=S)c1cccc(-c2cn(C3CCC(F)(F)CC3)c3cc(NC(=O)CCCCCCCNCC(=O)COc4cccc5c4C(=O)N(C4CCC(=O)NC4=O)C5=O)ccc23)c1. The van der Waals surface area contributed by atoms with Gasteiger partial charge in [-0.3, -0.25) is 39.0 Å². The number of Topliss-reactive ketones (excluding diaryl/α,β-unsaturated/α-hetero) is 1. The Morgan fingerprint density at radius 3 is 2.43 bits per heavy atom. The van der Waals surface area contributed by atoms with Gasteiger partial charge in [0.15, 0.2) is 5.78 Å². The highest BCUT2D eigenvalue weighted by Gasteiger charge is 2.46. The first-order valence-corrected chi connectivity index (χ1v) is 21.1. The molecule has 7 rings (SSSR count). The van der Waals surface area contributed by atoms with Crippen molar-refractivity contribution in [3.63, 3.8) is 0 Å². The molecule has 0 bridgehead atoms. The number of imide groups is 2. The molecular weight excluding hydrogens is 807 g/mol. The van der Waals surface area contributed by atoms with E-state index in [2.05, 4.69) is 20.5 Å². The van der Waals surface area contributed by atoms with Crippen LogP contribution in [-0.4, -0.2) is 81.4 Å². The van der Waals surface area contributed by atoms with Crippen LogP contribution in [0.2, 0.25) is 0 Å². The number of thiocarbonyl (C=S) groups is 1. The van der Waals surface area contributed by atoms with Crippen LogP contribution in [0.25, 0.3) is 22.0 Å². The Kier molecular flexibility index (Phi) is 13.3. The Hall–Kier alpha value is -5.87. The summed E-state index contributed by atoms with van der Waals surface area (Å²) in [5.41, 5.74) is 10.1. The number of nitrogens with two attached hydrogens (primary N) is 1. The van der Waals surface area contributed by atoms with Gasteiger partial charge in [0.1, 0.15) is 23.4 Å². The minimum absolute atomic E-state index is 0.00787. The second-order valence-electron chi connectivity index (χ2n) is 15.9. The van der Waals surface area contributed by atoms with Crippen LogP contribution in [0.4, 0.5) is 14.5 Å². The predicted octanol–water partition coefficient (Wildman–Crippen LogP) is 6.61. The average Bonchev–Trinajstić information content (AvgIpc) is 3.73. The number of aromatic nitrogens is 1. The van der Waals surface area contributed by atoms with Gasteiger partial charge in [-0.05, 0) is 74.5 Å². The molecule has 0 radical (unpaired) electrons. The molecule has 3 aromatic carbocycles. The van der Waals surface area contributed by atoms with Crippen molar-refractivity contribution in [2.24, 2.45) is 5.73 Å². The summed E-state index contributed by atoms with van der Waals surface area (Å²) >= 11 is 5.20. The normalized spacial score (nSPS) is 17.7. The van der Waals surface area contributed by atoms with E-state index in [9.17, 15) is 37.5 Å². The Bertz CT molecular complexity index is 2390. The van der Waals surface area contributed by atoms with Gasteiger partial charge >= 0.3 is 0 Å². The summed E-state index contributed by atoms with van der Waals surface area (Å²) in [6.45, 7) is 0.325. The molecular formula is C45H48F2N6O7S. The van der Waals surface area contributed by atoms with Crippen molar-refractivity contribution in [2.45, 2.75) is 95.1 Å². The summed E-state index contributed by atoms with van der Waals surface area (Å²) in [6, 6.07) is 16.7. The second-order valence-corrected chi connectivity index (χ2v) is 16.3. The summed E-state index contributed by atoms with van der Waals surface area (Å²) in [7, 11) is 0. The van der Waals surface area contributed by atoms with Crippen molar-refractivity contribution in [1.29, 1.82) is 0 Å². The molecule has 320 valence electrons. The second kappa shape index (κ2) is 18.8. The number of benzene rings is 3. The molecule has 0 spiro atoms. The number of carbonyl (C=O) groups is 6. The molecule has 3 aliphatic rings. The fraction of sp³-hybridized carbons (Fsp3) is 0.400. The van der Waals surface area contributed by atoms with E-state index >= 15 is 0 Å². The first kappa shape index (κ1) is 43.2. The number of amides is 5.